The summed E-state index contributed by atoms with van der Waals surface area (Å²) in [5.41, 5.74) is 2.13. The van der Waals surface area contributed by atoms with Gasteiger partial charge in [-0.2, -0.15) is 4.68 Å². The number of carbonyl (C=O) groups excluding carboxylic acids is 1. The molecule has 0 saturated heterocycles. The van der Waals surface area contributed by atoms with E-state index in [1.807, 2.05) is 36.4 Å². The molecule has 0 unspecified atom stereocenters. The van der Waals surface area contributed by atoms with Crippen LogP contribution < -0.4 is 5.32 Å². The van der Waals surface area contributed by atoms with E-state index in [1.54, 1.807) is 23.9 Å². The third kappa shape index (κ3) is 3.39. The molecule has 7 nitrogen and oxygen atoms in total. The SMILES string of the molecule is Cc1nnnn1-c1ccccc1C(=O)NCCc1ccccn1. The monoisotopic (exact) mass is 308 g/mol. The second kappa shape index (κ2) is 6.78. The highest BCUT2D eigenvalue weighted by Gasteiger charge is 2.14. The summed E-state index contributed by atoms with van der Waals surface area (Å²) in [6, 6.07) is 13.0. The first kappa shape index (κ1) is 14.8. The van der Waals surface area contributed by atoms with Crippen molar-refractivity contribution in [1.29, 1.82) is 0 Å². The van der Waals surface area contributed by atoms with Crippen LogP contribution in [0, 0.1) is 6.92 Å². The van der Waals surface area contributed by atoms with Crippen LogP contribution in [-0.4, -0.2) is 37.6 Å². The number of rotatable bonds is 5. The zero-order valence-electron chi connectivity index (χ0n) is 12.7. The fourth-order valence-corrected chi connectivity index (χ4v) is 2.25. The van der Waals surface area contributed by atoms with Crippen LogP contribution in [0.1, 0.15) is 21.9 Å². The Kier molecular flexibility index (Phi) is 4.37. The molecule has 0 aliphatic carbocycles. The molecule has 1 N–H and O–H groups in total. The number of carbonyl (C=O) groups is 1. The maximum atomic E-state index is 12.4. The molecule has 0 spiro atoms. The number of amides is 1. The van der Waals surface area contributed by atoms with E-state index in [0.29, 0.717) is 30.0 Å². The Balaban J connectivity index is 1.72. The Morgan fingerprint density at radius 1 is 1.17 bits per heavy atom. The Morgan fingerprint density at radius 2 is 2.00 bits per heavy atom. The largest absolute Gasteiger partial charge is 0.352 e. The summed E-state index contributed by atoms with van der Waals surface area (Å²) in [6.07, 6.45) is 2.42. The molecule has 0 atom stereocenters. The van der Waals surface area contributed by atoms with Gasteiger partial charge < -0.3 is 5.32 Å². The van der Waals surface area contributed by atoms with E-state index < -0.39 is 0 Å². The van der Waals surface area contributed by atoms with Crippen LogP contribution in [0.5, 0.6) is 0 Å². The van der Waals surface area contributed by atoms with Crippen LogP contribution in [0.4, 0.5) is 0 Å². The van der Waals surface area contributed by atoms with E-state index in [9.17, 15) is 4.79 Å². The molecule has 0 radical (unpaired) electrons. The highest BCUT2D eigenvalue weighted by molar-refractivity contribution is 5.97. The summed E-state index contributed by atoms with van der Waals surface area (Å²) < 4.78 is 1.55. The minimum absolute atomic E-state index is 0.161. The molecule has 7 heteroatoms. The van der Waals surface area contributed by atoms with Gasteiger partial charge in [0, 0.05) is 24.9 Å². The summed E-state index contributed by atoms with van der Waals surface area (Å²) in [4.78, 5) is 16.7. The fraction of sp³-hybridized carbons (Fsp3) is 0.188. The number of benzene rings is 1. The molecular formula is C16H16N6O. The Bertz CT molecular complexity index is 799. The summed E-state index contributed by atoms with van der Waals surface area (Å²) in [7, 11) is 0. The third-order valence-electron chi connectivity index (χ3n) is 3.40. The molecule has 3 rings (SSSR count). The molecule has 23 heavy (non-hydrogen) atoms. The molecular weight excluding hydrogens is 292 g/mol. The number of aryl methyl sites for hydroxylation is 1. The molecule has 0 fully saturated rings. The van der Waals surface area contributed by atoms with Crippen molar-refractivity contribution >= 4 is 5.91 Å². The van der Waals surface area contributed by atoms with Crippen molar-refractivity contribution in [2.45, 2.75) is 13.3 Å². The summed E-state index contributed by atoms with van der Waals surface area (Å²) >= 11 is 0. The minimum Gasteiger partial charge on any atom is -0.352 e. The number of nitrogens with one attached hydrogen (secondary N) is 1. The van der Waals surface area contributed by atoms with E-state index in [-0.39, 0.29) is 5.91 Å². The first-order valence-corrected chi connectivity index (χ1v) is 7.28. The smallest absolute Gasteiger partial charge is 0.253 e. The average molecular weight is 308 g/mol. The second-order valence-electron chi connectivity index (χ2n) is 4.98. The summed E-state index contributed by atoms with van der Waals surface area (Å²) in [5.74, 6) is 0.463. The van der Waals surface area contributed by atoms with Gasteiger partial charge in [-0.1, -0.05) is 18.2 Å². The molecule has 0 bridgehead atoms. The quantitative estimate of drug-likeness (QED) is 0.768. The van der Waals surface area contributed by atoms with Gasteiger partial charge in [0.25, 0.3) is 5.91 Å². The lowest BCUT2D eigenvalue weighted by atomic mass is 10.1. The summed E-state index contributed by atoms with van der Waals surface area (Å²) in [5, 5.41) is 14.3. The zero-order valence-corrected chi connectivity index (χ0v) is 12.7. The van der Waals surface area contributed by atoms with Gasteiger partial charge in [0.1, 0.15) is 0 Å². The number of pyridine rings is 1. The van der Waals surface area contributed by atoms with Crippen molar-refractivity contribution in [3.05, 3.63) is 65.7 Å². The van der Waals surface area contributed by atoms with Crippen molar-refractivity contribution in [3.63, 3.8) is 0 Å². The van der Waals surface area contributed by atoms with Crippen LogP contribution in [0.25, 0.3) is 5.69 Å². The molecule has 0 saturated carbocycles. The second-order valence-corrected chi connectivity index (χ2v) is 4.98. The standard InChI is InChI=1S/C16H16N6O/c1-12-19-20-21-22(12)15-8-3-2-7-14(15)16(23)18-11-9-13-6-4-5-10-17-13/h2-8,10H,9,11H2,1H3,(H,18,23). The highest BCUT2D eigenvalue weighted by Crippen LogP contribution is 2.14. The van der Waals surface area contributed by atoms with E-state index >= 15 is 0 Å². The van der Waals surface area contributed by atoms with Crippen LogP contribution >= 0.6 is 0 Å². The molecule has 1 amide bonds. The number of nitrogens with zero attached hydrogens (tertiary/aromatic N) is 5. The summed E-state index contributed by atoms with van der Waals surface area (Å²) in [6.45, 7) is 2.30. The van der Waals surface area contributed by atoms with Crippen LogP contribution in [-0.2, 0) is 6.42 Å². The van der Waals surface area contributed by atoms with Crippen molar-refractivity contribution in [2.75, 3.05) is 6.54 Å². The Labute approximate surface area is 133 Å². The topological polar surface area (TPSA) is 85.6 Å². The van der Waals surface area contributed by atoms with Crippen LogP contribution in [0.15, 0.2) is 48.7 Å². The predicted octanol–water partition coefficient (Wildman–Crippen LogP) is 1.34. The van der Waals surface area contributed by atoms with Crippen molar-refractivity contribution < 1.29 is 4.79 Å². The highest BCUT2D eigenvalue weighted by atomic mass is 16.1. The lowest BCUT2D eigenvalue weighted by Gasteiger charge is -2.10. The van der Waals surface area contributed by atoms with E-state index in [0.717, 1.165) is 5.69 Å². The fourth-order valence-electron chi connectivity index (χ4n) is 2.25. The molecule has 0 aliphatic heterocycles. The molecule has 2 heterocycles. The van der Waals surface area contributed by atoms with Gasteiger partial charge in [-0.15, -0.1) is 5.10 Å². The number of hydrogen-bond donors (Lipinski definition) is 1. The van der Waals surface area contributed by atoms with Gasteiger partial charge in [0.15, 0.2) is 5.82 Å². The van der Waals surface area contributed by atoms with Gasteiger partial charge in [-0.3, -0.25) is 9.78 Å². The third-order valence-corrected chi connectivity index (χ3v) is 3.40. The predicted molar refractivity (Wildman–Crippen MR) is 84.2 cm³/mol. The van der Waals surface area contributed by atoms with Crippen LogP contribution in [0.2, 0.25) is 0 Å². The Morgan fingerprint density at radius 3 is 2.74 bits per heavy atom. The maximum absolute atomic E-state index is 12.4. The van der Waals surface area contributed by atoms with Gasteiger partial charge in [-0.25, -0.2) is 0 Å². The van der Waals surface area contributed by atoms with Gasteiger partial charge in [-0.05, 0) is 41.6 Å². The molecule has 3 aromatic rings. The normalized spacial score (nSPS) is 10.5. The zero-order chi connectivity index (χ0) is 16.1. The number of para-hydroxylation sites is 1. The van der Waals surface area contributed by atoms with E-state index in [4.69, 9.17) is 0 Å². The van der Waals surface area contributed by atoms with Crippen LogP contribution in [0.3, 0.4) is 0 Å². The molecule has 2 aromatic heterocycles. The Hall–Kier alpha value is -3.09. The van der Waals surface area contributed by atoms with Gasteiger partial charge in [0.2, 0.25) is 0 Å². The molecule has 0 aliphatic rings. The van der Waals surface area contributed by atoms with E-state index in [1.165, 1.54) is 0 Å². The lowest BCUT2D eigenvalue weighted by molar-refractivity contribution is 0.0954. The first-order valence-electron chi connectivity index (χ1n) is 7.28. The maximum Gasteiger partial charge on any atom is 0.253 e. The van der Waals surface area contributed by atoms with E-state index in [2.05, 4.69) is 25.8 Å². The van der Waals surface area contributed by atoms with Gasteiger partial charge in [0.05, 0.1) is 11.3 Å². The number of hydrogen-bond acceptors (Lipinski definition) is 5. The first-order chi connectivity index (χ1) is 11.3. The lowest BCUT2D eigenvalue weighted by Crippen LogP contribution is -2.27. The minimum atomic E-state index is -0.161. The number of tetrazole rings is 1. The average Bonchev–Trinajstić information content (AvgIpc) is 3.01. The molecule has 1 aromatic carbocycles. The van der Waals surface area contributed by atoms with Crippen molar-refractivity contribution in [1.82, 2.24) is 30.5 Å². The van der Waals surface area contributed by atoms with Crippen molar-refractivity contribution in [2.24, 2.45) is 0 Å². The van der Waals surface area contributed by atoms with Gasteiger partial charge >= 0.3 is 0 Å². The molecule has 116 valence electrons. The van der Waals surface area contributed by atoms with Crippen molar-refractivity contribution in [3.8, 4) is 5.69 Å². The number of aromatic nitrogens is 5.